The van der Waals surface area contributed by atoms with E-state index in [1.54, 1.807) is 13.2 Å². The molecule has 0 N–H and O–H groups in total. The minimum absolute atomic E-state index is 0.112. The average molecular weight is 468 g/mol. The highest BCUT2D eigenvalue weighted by molar-refractivity contribution is 6.04. The maximum absolute atomic E-state index is 13.6. The zero-order valence-electron chi connectivity index (χ0n) is 19.9. The minimum atomic E-state index is -0.222. The van der Waals surface area contributed by atoms with Crippen LogP contribution in [0.2, 0.25) is 0 Å². The molecule has 35 heavy (non-hydrogen) atoms. The van der Waals surface area contributed by atoms with Crippen LogP contribution in [-0.2, 0) is 6.42 Å². The lowest BCUT2D eigenvalue weighted by Crippen LogP contribution is -2.40. The zero-order valence-corrected chi connectivity index (χ0v) is 19.9. The van der Waals surface area contributed by atoms with Gasteiger partial charge in [-0.15, -0.1) is 0 Å². The first-order valence-corrected chi connectivity index (χ1v) is 12.1. The predicted octanol–water partition coefficient (Wildman–Crippen LogP) is 4.88. The highest BCUT2D eigenvalue weighted by Crippen LogP contribution is 2.25. The Morgan fingerprint density at radius 2 is 1.57 bits per heavy atom. The maximum Gasteiger partial charge on any atom is 0.279 e. The number of para-hydroxylation sites is 1. The standard InChI is InChI=1S/C29H29N3O3/c1-35-24-15-13-21(14-16-24)11-12-22-17-19-31(20-18-22)29(34)27-25-9-5-6-10-26(25)28(33)32(30-27)23-7-3-2-4-8-23/h2-10,13-16,22H,11-12,17-20H2,1H3. The van der Waals surface area contributed by atoms with Crippen LogP contribution in [0.25, 0.3) is 16.5 Å². The van der Waals surface area contributed by atoms with Crippen LogP contribution in [-0.4, -0.2) is 40.8 Å². The van der Waals surface area contributed by atoms with E-state index in [1.807, 2.05) is 65.6 Å². The van der Waals surface area contributed by atoms with Gasteiger partial charge in [-0.3, -0.25) is 9.59 Å². The quantitative estimate of drug-likeness (QED) is 0.405. The molecular formula is C29H29N3O3. The van der Waals surface area contributed by atoms with E-state index in [0.717, 1.165) is 31.4 Å². The number of hydrogen-bond donors (Lipinski definition) is 0. The third-order valence-corrected chi connectivity index (χ3v) is 6.91. The van der Waals surface area contributed by atoms with E-state index in [1.165, 1.54) is 10.2 Å². The van der Waals surface area contributed by atoms with E-state index in [9.17, 15) is 9.59 Å². The first-order valence-electron chi connectivity index (χ1n) is 12.1. The number of hydrogen-bond acceptors (Lipinski definition) is 4. The number of rotatable bonds is 6. The van der Waals surface area contributed by atoms with Gasteiger partial charge in [0.15, 0.2) is 5.69 Å². The van der Waals surface area contributed by atoms with E-state index in [2.05, 4.69) is 17.2 Å². The van der Waals surface area contributed by atoms with Crippen LogP contribution in [0.1, 0.15) is 35.3 Å². The molecule has 0 aliphatic carbocycles. The SMILES string of the molecule is COc1ccc(CCC2CCN(C(=O)c3nn(-c4ccccc4)c(=O)c4ccccc34)CC2)cc1. The molecule has 0 atom stereocenters. The molecule has 1 amide bonds. The van der Waals surface area contributed by atoms with Gasteiger partial charge < -0.3 is 9.64 Å². The normalized spacial score (nSPS) is 14.3. The molecule has 1 aliphatic rings. The number of aryl methyl sites for hydroxylation is 1. The van der Waals surface area contributed by atoms with Crippen LogP contribution in [0.15, 0.2) is 83.7 Å². The van der Waals surface area contributed by atoms with Gasteiger partial charge in [-0.1, -0.05) is 48.5 Å². The second-order valence-electron chi connectivity index (χ2n) is 9.07. The summed E-state index contributed by atoms with van der Waals surface area (Å²) in [5.41, 5.74) is 2.07. The largest absolute Gasteiger partial charge is 0.497 e. The third kappa shape index (κ3) is 4.83. The van der Waals surface area contributed by atoms with E-state index >= 15 is 0 Å². The molecule has 0 saturated carbocycles. The van der Waals surface area contributed by atoms with Crippen molar-refractivity contribution in [2.75, 3.05) is 20.2 Å². The van der Waals surface area contributed by atoms with Crippen LogP contribution in [0.5, 0.6) is 5.75 Å². The summed E-state index contributed by atoms with van der Waals surface area (Å²) < 4.78 is 6.58. The van der Waals surface area contributed by atoms with Gasteiger partial charge in [-0.2, -0.15) is 9.78 Å². The van der Waals surface area contributed by atoms with Crippen LogP contribution in [0.3, 0.4) is 0 Å². The van der Waals surface area contributed by atoms with Crippen molar-refractivity contribution in [2.24, 2.45) is 5.92 Å². The Balaban J connectivity index is 1.32. The van der Waals surface area contributed by atoms with E-state index in [4.69, 9.17) is 4.74 Å². The lowest BCUT2D eigenvalue weighted by Gasteiger charge is -2.32. The number of carbonyl (C=O) groups is 1. The Kier molecular flexibility index (Phi) is 6.62. The number of piperidine rings is 1. The molecule has 0 bridgehead atoms. The zero-order chi connectivity index (χ0) is 24.2. The third-order valence-electron chi connectivity index (χ3n) is 6.91. The smallest absolute Gasteiger partial charge is 0.279 e. The van der Waals surface area contributed by atoms with Gasteiger partial charge in [-0.05, 0) is 67.5 Å². The van der Waals surface area contributed by atoms with Gasteiger partial charge in [0.25, 0.3) is 11.5 Å². The topological polar surface area (TPSA) is 64.4 Å². The molecule has 1 fully saturated rings. The molecular weight excluding hydrogens is 438 g/mol. The van der Waals surface area contributed by atoms with Gasteiger partial charge >= 0.3 is 0 Å². The van der Waals surface area contributed by atoms with Gasteiger partial charge in [-0.25, -0.2) is 0 Å². The summed E-state index contributed by atoms with van der Waals surface area (Å²) in [6, 6.07) is 24.7. The van der Waals surface area contributed by atoms with E-state index in [-0.39, 0.29) is 11.5 Å². The fourth-order valence-electron chi connectivity index (χ4n) is 4.83. The molecule has 0 radical (unpaired) electrons. The minimum Gasteiger partial charge on any atom is -0.497 e. The maximum atomic E-state index is 13.6. The summed E-state index contributed by atoms with van der Waals surface area (Å²) >= 11 is 0. The second-order valence-corrected chi connectivity index (χ2v) is 9.07. The summed E-state index contributed by atoms with van der Waals surface area (Å²) in [4.78, 5) is 28.6. The summed E-state index contributed by atoms with van der Waals surface area (Å²) in [5.74, 6) is 1.35. The number of methoxy groups -OCH3 is 1. The second kappa shape index (κ2) is 10.1. The molecule has 6 heteroatoms. The number of benzene rings is 3. The molecule has 6 nitrogen and oxygen atoms in total. The monoisotopic (exact) mass is 467 g/mol. The highest BCUT2D eigenvalue weighted by Gasteiger charge is 2.27. The molecule has 4 aromatic rings. The van der Waals surface area contributed by atoms with Crippen LogP contribution < -0.4 is 10.3 Å². The van der Waals surface area contributed by atoms with Crippen LogP contribution in [0, 0.1) is 5.92 Å². The number of nitrogens with zero attached hydrogens (tertiary/aromatic N) is 3. The molecule has 2 heterocycles. The molecule has 5 rings (SSSR count). The van der Waals surface area contributed by atoms with Gasteiger partial charge in [0.1, 0.15) is 5.75 Å². The molecule has 0 unspecified atom stereocenters. The summed E-state index contributed by atoms with van der Waals surface area (Å²) in [7, 11) is 1.68. The first-order chi connectivity index (χ1) is 17.1. The van der Waals surface area contributed by atoms with Crippen molar-refractivity contribution in [1.29, 1.82) is 0 Å². The number of ether oxygens (including phenoxy) is 1. The van der Waals surface area contributed by atoms with Crippen LogP contribution >= 0.6 is 0 Å². The number of likely N-dealkylation sites (tertiary alicyclic amines) is 1. The van der Waals surface area contributed by atoms with Gasteiger partial charge in [0, 0.05) is 18.5 Å². The molecule has 0 spiro atoms. The Hall–Kier alpha value is -3.93. The molecule has 1 saturated heterocycles. The number of carbonyl (C=O) groups excluding carboxylic acids is 1. The van der Waals surface area contributed by atoms with Gasteiger partial charge in [0.2, 0.25) is 0 Å². The Morgan fingerprint density at radius 3 is 2.26 bits per heavy atom. The molecule has 1 aliphatic heterocycles. The van der Waals surface area contributed by atoms with Crippen molar-refractivity contribution in [3.05, 3.63) is 100 Å². The average Bonchev–Trinajstić information content (AvgIpc) is 2.93. The number of amides is 1. The van der Waals surface area contributed by atoms with Gasteiger partial charge in [0.05, 0.1) is 18.2 Å². The van der Waals surface area contributed by atoms with E-state index < -0.39 is 0 Å². The van der Waals surface area contributed by atoms with Crippen molar-refractivity contribution >= 4 is 16.7 Å². The fraction of sp³-hybridized carbons (Fsp3) is 0.276. The Labute approximate surface area is 204 Å². The molecule has 1 aromatic heterocycles. The predicted molar refractivity (Wildman–Crippen MR) is 137 cm³/mol. The Morgan fingerprint density at radius 1 is 0.914 bits per heavy atom. The summed E-state index contributed by atoms with van der Waals surface area (Å²) in [6.45, 7) is 1.40. The lowest BCUT2D eigenvalue weighted by molar-refractivity contribution is 0.0681. The van der Waals surface area contributed by atoms with Crippen molar-refractivity contribution in [3.8, 4) is 11.4 Å². The fourth-order valence-corrected chi connectivity index (χ4v) is 4.83. The molecule has 178 valence electrons. The Bertz CT molecular complexity index is 1370. The number of fused-ring (bicyclic) bond motifs is 1. The lowest BCUT2D eigenvalue weighted by atomic mass is 9.90. The summed E-state index contributed by atoms with van der Waals surface area (Å²) in [6.07, 6.45) is 4.07. The van der Waals surface area contributed by atoms with Crippen molar-refractivity contribution in [3.63, 3.8) is 0 Å². The van der Waals surface area contributed by atoms with E-state index in [0.29, 0.717) is 41.2 Å². The summed E-state index contributed by atoms with van der Waals surface area (Å²) in [5, 5.41) is 5.67. The highest BCUT2D eigenvalue weighted by atomic mass is 16.5. The van der Waals surface area contributed by atoms with Crippen molar-refractivity contribution in [1.82, 2.24) is 14.7 Å². The van der Waals surface area contributed by atoms with Crippen molar-refractivity contribution in [2.45, 2.75) is 25.7 Å². The number of aromatic nitrogens is 2. The first kappa shape index (κ1) is 22.8. The van der Waals surface area contributed by atoms with Crippen molar-refractivity contribution < 1.29 is 9.53 Å². The molecule has 3 aromatic carbocycles. The van der Waals surface area contributed by atoms with Crippen LogP contribution in [0.4, 0.5) is 0 Å².